The fourth-order valence-electron chi connectivity index (χ4n) is 1.09. The van der Waals surface area contributed by atoms with E-state index in [4.69, 9.17) is 5.11 Å². The minimum absolute atomic E-state index is 0.236. The molecule has 11 heavy (non-hydrogen) atoms. The highest BCUT2D eigenvalue weighted by Crippen LogP contribution is 2.10. The van der Waals surface area contributed by atoms with Gasteiger partial charge < -0.3 is 10.4 Å². The third-order valence-corrected chi connectivity index (χ3v) is 1.56. The summed E-state index contributed by atoms with van der Waals surface area (Å²) in [6.45, 7) is 4.63. The van der Waals surface area contributed by atoms with Gasteiger partial charge in [0.05, 0.1) is 5.92 Å². The lowest BCUT2D eigenvalue weighted by atomic mass is 9.97. The second-order valence-corrected chi connectivity index (χ2v) is 3.22. The smallest absolute Gasteiger partial charge is 0.307 e. The maximum absolute atomic E-state index is 10.6. The van der Waals surface area contributed by atoms with Crippen LogP contribution in [0.4, 0.5) is 0 Å². The van der Waals surface area contributed by atoms with Crippen molar-refractivity contribution in [3.05, 3.63) is 0 Å². The van der Waals surface area contributed by atoms with Crippen LogP contribution >= 0.6 is 0 Å². The fourth-order valence-corrected chi connectivity index (χ4v) is 1.09. The van der Waals surface area contributed by atoms with Crippen LogP contribution in [0.25, 0.3) is 0 Å². The largest absolute Gasteiger partial charge is 0.481 e. The Morgan fingerprint density at radius 2 is 2.09 bits per heavy atom. The number of rotatable bonds is 5. The van der Waals surface area contributed by atoms with E-state index >= 15 is 0 Å². The lowest BCUT2D eigenvalue weighted by molar-refractivity contribution is -0.142. The first-order valence-electron chi connectivity index (χ1n) is 3.95. The van der Waals surface area contributed by atoms with Crippen LogP contribution in [0.15, 0.2) is 0 Å². The van der Waals surface area contributed by atoms with Gasteiger partial charge in [-0.25, -0.2) is 0 Å². The Morgan fingerprint density at radius 1 is 1.55 bits per heavy atom. The molecule has 1 atom stereocenters. The lowest BCUT2D eigenvalue weighted by Gasteiger charge is -2.13. The van der Waals surface area contributed by atoms with E-state index < -0.39 is 5.97 Å². The highest BCUT2D eigenvalue weighted by Gasteiger charge is 2.17. The van der Waals surface area contributed by atoms with E-state index in [9.17, 15) is 4.79 Å². The molecule has 3 nitrogen and oxygen atoms in total. The topological polar surface area (TPSA) is 49.3 Å². The summed E-state index contributed by atoms with van der Waals surface area (Å²) in [6, 6.07) is 0. The second-order valence-electron chi connectivity index (χ2n) is 3.22. The molecule has 0 aromatic carbocycles. The zero-order valence-corrected chi connectivity index (χ0v) is 7.42. The third kappa shape index (κ3) is 4.79. The summed E-state index contributed by atoms with van der Waals surface area (Å²) in [5.74, 6) is -0.488. The van der Waals surface area contributed by atoms with Crippen molar-refractivity contribution in [2.75, 3.05) is 13.6 Å². The van der Waals surface area contributed by atoms with Crippen LogP contribution < -0.4 is 5.32 Å². The van der Waals surface area contributed by atoms with Crippen LogP contribution in [0.3, 0.4) is 0 Å². The van der Waals surface area contributed by atoms with Gasteiger partial charge in [-0.1, -0.05) is 13.8 Å². The van der Waals surface area contributed by atoms with Gasteiger partial charge in [0.1, 0.15) is 0 Å². The van der Waals surface area contributed by atoms with Gasteiger partial charge in [0, 0.05) is 6.54 Å². The number of nitrogens with one attached hydrogen (secondary N) is 1. The van der Waals surface area contributed by atoms with Crippen LogP contribution in [0.1, 0.15) is 20.3 Å². The molecule has 0 saturated carbocycles. The molecule has 0 radical (unpaired) electrons. The number of hydrogen-bond acceptors (Lipinski definition) is 2. The van der Waals surface area contributed by atoms with Gasteiger partial charge in [-0.3, -0.25) is 4.79 Å². The molecule has 66 valence electrons. The van der Waals surface area contributed by atoms with Crippen molar-refractivity contribution in [1.82, 2.24) is 5.32 Å². The molecule has 0 rings (SSSR count). The maximum Gasteiger partial charge on any atom is 0.307 e. The predicted molar refractivity (Wildman–Crippen MR) is 44.5 cm³/mol. The molecule has 0 aliphatic rings. The summed E-state index contributed by atoms with van der Waals surface area (Å²) >= 11 is 0. The van der Waals surface area contributed by atoms with Gasteiger partial charge in [-0.05, 0) is 19.4 Å². The van der Waals surface area contributed by atoms with E-state index in [-0.39, 0.29) is 5.92 Å². The van der Waals surface area contributed by atoms with Crippen LogP contribution in [-0.4, -0.2) is 24.7 Å². The molecule has 0 fully saturated rings. The number of carbonyl (C=O) groups is 1. The summed E-state index contributed by atoms with van der Waals surface area (Å²) < 4.78 is 0. The third-order valence-electron chi connectivity index (χ3n) is 1.56. The average Bonchev–Trinajstić information content (AvgIpc) is 1.86. The maximum atomic E-state index is 10.6. The van der Waals surface area contributed by atoms with Gasteiger partial charge in [0.25, 0.3) is 0 Å². The van der Waals surface area contributed by atoms with E-state index in [2.05, 4.69) is 5.32 Å². The van der Waals surface area contributed by atoms with Gasteiger partial charge in [0.15, 0.2) is 0 Å². The molecule has 0 aliphatic heterocycles. The highest BCUT2D eigenvalue weighted by molar-refractivity contribution is 5.70. The van der Waals surface area contributed by atoms with E-state index in [0.717, 1.165) is 6.42 Å². The minimum atomic E-state index is -0.701. The zero-order chi connectivity index (χ0) is 8.85. The zero-order valence-electron chi connectivity index (χ0n) is 7.42. The van der Waals surface area contributed by atoms with Crippen molar-refractivity contribution >= 4 is 5.97 Å². The minimum Gasteiger partial charge on any atom is -0.481 e. The number of carboxylic acid groups (broad SMARTS) is 1. The standard InChI is InChI=1S/C8H17NO2/c1-6(2)4-7(5-9-3)8(10)11/h6-7,9H,4-5H2,1-3H3,(H,10,11)/t7-/m0/s1. The Labute approximate surface area is 67.8 Å². The van der Waals surface area contributed by atoms with Crippen molar-refractivity contribution in [3.63, 3.8) is 0 Å². The van der Waals surface area contributed by atoms with Crippen molar-refractivity contribution < 1.29 is 9.90 Å². The summed E-state index contributed by atoms with van der Waals surface area (Å²) in [7, 11) is 1.77. The molecule has 0 amide bonds. The lowest BCUT2D eigenvalue weighted by Crippen LogP contribution is -2.27. The van der Waals surface area contributed by atoms with Gasteiger partial charge in [-0.2, -0.15) is 0 Å². The summed E-state index contributed by atoms with van der Waals surface area (Å²) in [5.41, 5.74) is 0. The Balaban J connectivity index is 3.79. The Kier molecular flexibility index (Phi) is 4.86. The normalized spacial score (nSPS) is 13.5. The molecule has 0 aromatic rings. The Morgan fingerprint density at radius 3 is 2.36 bits per heavy atom. The summed E-state index contributed by atoms with van der Waals surface area (Å²) in [5, 5.41) is 11.6. The number of hydrogen-bond donors (Lipinski definition) is 2. The molecule has 2 N–H and O–H groups in total. The van der Waals surface area contributed by atoms with E-state index in [1.807, 2.05) is 13.8 Å². The van der Waals surface area contributed by atoms with Crippen LogP contribution in [0.5, 0.6) is 0 Å². The van der Waals surface area contributed by atoms with Gasteiger partial charge >= 0.3 is 5.97 Å². The average molecular weight is 159 g/mol. The first-order valence-corrected chi connectivity index (χ1v) is 3.95. The van der Waals surface area contributed by atoms with Gasteiger partial charge in [0.2, 0.25) is 0 Å². The van der Waals surface area contributed by atoms with Crippen LogP contribution in [-0.2, 0) is 4.79 Å². The molecular formula is C8H17NO2. The molecule has 0 unspecified atom stereocenters. The Hall–Kier alpha value is -0.570. The molecule has 0 bridgehead atoms. The predicted octanol–water partition coefficient (Wildman–Crippen LogP) is 0.953. The van der Waals surface area contributed by atoms with E-state index in [1.54, 1.807) is 7.05 Å². The first-order chi connectivity index (χ1) is 5.07. The number of aliphatic carboxylic acids is 1. The van der Waals surface area contributed by atoms with Crippen LogP contribution in [0, 0.1) is 11.8 Å². The summed E-state index contributed by atoms with van der Waals surface area (Å²) in [6.07, 6.45) is 0.746. The molecular weight excluding hydrogens is 142 g/mol. The van der Waals surface area contributed by atoms with Crippen molar-refractivity contribution in [2.24, 2.45) is 11.8 Å². The quantitative estimate of drug-likeness (QED) is 0.628. The molecule has 0 heterocycles. The fraction of sp³-hybridized carbons (Fsp3) is 0.875. The monoisotopic (exact) mass is 159 g/mol. The molecule has 3 heteroatoms. The summed E-state index contributed by atoms with van der Waals surface area (Å²) in [4.78, 5) is 10.6. The SMILES string of the molecule is CNC[C@H](CC(C)C)C(=O)O. The molecule has 0 spiro atoms. The van der Waals surface area contributed by atoms with Crippen molar-refractivity contribution in [2.45, 2.75) is 20.3 Å². The molecule has 0 aliphatic carbocycles. The molecule has 0 saturated heterocycles. The first kappa shape index (κ1) is 10.4. The van der Waals surface area contributed by atoms with Crippen LogP contribution in [0.2, 0.25) is 0 Å². The highest BCUT2D eigenvalue weighted by atomic mass is 16.4. The molecule has 0 aromatic heterocycles. The van der Waals surface area contributed by atoms with Crippen molar-refractivity contribution in [1.29, 1.82) is 0 Å². The van der Waals surface area contributed by atoms with E-state index in [0.29, 0.717) is 12.5 Å². The van der Waals surface area contributed by atoms with Gasteiger partial charge in [-0.15, -0.1) is 0 Å². The van der Waals surface area contributed by atoms with Crippen molar-refractivity contribution in [3.8, 4) is 0 Å². The Bertz CT molecular complexity index is 123. The number of carboxylic acids is 1. The van der Waals surface area contributed by atoms with E-state index in [1.165, 1.54) is 0 Å². The second kappa shape index (κ2) is 5.13.